The highest BCUT2D eigenvalue weighted by Crippen LogP contribution is 2.47. The summed E-state index contributed by atoms with van der Waals surface area (Å²) in [4.78, 5) is 37.6. The minimum absolute atomic E-state index is 0.0455. The van der Waals surface area contributed by atoms with Gasteiger partial charge in [0.15, 0.2) is 17.5 Å². The molecule has 0 bridgehead atoms. The first-order chi connectivity index (χ1) is 32.5. The Morgan fingerprint density at radius 1 is 1.03 bits per heavy atom. The van der Waals surface area contributed by atoms with Crippen LogP contribution in [0.25, 0.3) is 22.0 Å². The van der Waals surface area contributed by atoms with Crippen LogP contribution in [0.4, 0.5) is 54.5 Å². The lowest BCUT2D eigenvalue weighted by Gasteiger charge is -2.24. The van der Waals surface area contributed by atoms with Gasteiger partial charge in [0.2, 0.25) is 5.91 Å². The zero-order valence-electron chi connectivity index (χ0n) is 37.5. The molecule has 1 aliphatic rings. The number of nitrogens with zero attached hydrogens (tertiary/aromatic N) is 8. The molecule has 5 N–H and O–H groups in total. The summed E-state index contributed by atoms with van der Waals surface area (Å²) in [6, 6.07) is 5.08. The van der Waals surface area contributed by atoms with Crippen LogP contribution in [0.2, 0.25) is 5.02 Å². The first kappa shape index (κ1) is 53.3. The Kier molecular flexibility index (Phi) is 15.5. The number of guanidine groups is 1. The summed E-state index contributed by atoms with van der Waals surface area (Å²) in [5.74, 6) is -2.24. The Morgan fingerprint density at radius 2 is 1.69 bits per heavy atom. The van der Waals surface area contributed by atoms with Crippen LogP contribution in [0.3, 0.4) is 0 Å². The number of nitrogens with one attached hydrogen (secondary N) is 1. The van der Waals surface area contributed by atoms with Gasteiger partial charge >= 0.3 is 18.4 Å². The van der Waals surface area contributed by atoms with Gasteiger partial charge in [-0.15, -0.1) is 0 Å². The fourth-order valence-electron chi connectivity index (χ4n) is 7.51. The number of carbonyl (C=O) groups is 2. The van der Waals surface area contributed by atoms with Gasteiger partial charge in [-0.3, -0.25) is 23.4 Å². The Bertz CT molecular complexity index is 2940. The molecule has 3 aromatic heterocycles. The number of fused-ring (bicyclic) bond motifs is 2. The topological polar surface area (TPSA) is 183 Å². The molecule has 0 aliphatic heterocycles. The smallest absolute Gasteiger partial charge is 0.370 e. The normalized spacial score (nSPS) is 14.4. The van der Waals surface area contributed by atoms with Gasteiger partial charge in [0.1, 0.15) is 40.9 Å². The van der Waals surface area contributed by atoms with E-state index < -0.39 is 113 Å². The highest BCUT2D eigenvalue weighted by molar-refractivity contribution is 8.00. The molecule has 6 rings (SSSR count). The molecule has 0 saturated carbocycles. The zero-order chi connectivity index (χ0) is 51.8. The Labute approximate surface area is 404 Å². The van der Waals surface area contributed by atoms with Crippen molar-refractivity contribution in [1.82, 2.24) is 34.8 Å². The molecule has 0 saturated heterocycles. The monoisotopic (exact) mass is 1050 g/mol. The van der Waals surface area contributed by atoms with Gasteiger partial charge in [-0.05, 0) is 80.5 Å². The predicted octanol–water partition coefficient (Wildman–Crippen LogP) is 7.86. The van der Waals surface area contributed by atoms with E-state index in [0.29, 0.717) is 10.7 Å². The van der Waals surface area contributed by atoms with Crippen LogP contribution in [0, 0.1) is 23.5 Å². The maximum absolute atomic E-state index is 15.2. The largest absolute Gasteiger partial charge is 0.435 e. The van der Waals surface area contributed by atoms with Crippen LogP contribution in [-0.2, 0) is 53.6 Å². The maximum atomic E-state index is 15.2. The Morgan fingerprint density at radius 3 is 2.29 bits per heavy atom. The number of hydrogen-bond acceptors (Lipinski definition) is 8. The van der Waals surface area contributed by atoms with Crippen molar-refractivity contribution in [3.05, 3.63) is 93.0 Å². The van der Waals surface area contributed by atoms with E-state index in [0.717, 1.165) is 33.3 Å². The fourth-order valence-corrected chi connectivity index (χ4v) is 8.54. The van der Waals surface area contributed by atoms with Crippen molar-refractivity contribution in [1.29, 1.82) is 0 Å². The van der Waals surface area contributed by atoms with Crippen LogP contribution in [0.1, 0.15) is 60.2 Å². The summed E-state index contributed by atoms with van der Waals surface area (Å²) in [7, 11) is -0.160. The standard InChI is InChI=1S/C43H42ClF10N11O3S2/c1-40(2,70(5)68)12-10-25-6-7-26(27-8-9-29(44)32-34(27)64(21-42(49,50)51)61-37(32)65(69-4)39(67)62(3)15-14-57-38(55)56)33(58-25)30(18-22-16-23(45)19-24(46)17-22)59-31(66)20-63-36-28(11-13-41(36,47)48)35(60-63)43(52,53)54/h6-9,16-17,19,30H,11,13-15,18,20-21H2,1-5H3,(H,59,66)(H4,55,56,57). The number of carbonyl (C=O) groups excluding carboxylic acids is 2. The molecule has 27 heteroatoms. The second-order valence-electron chi connectivity index (χ2n) is 16.4. The number of rotatable bonds is 14. The molecule has 14 nitrogen and oxygen atoms in total. The summed E-state index contributed by atoms with van der Waals surface area (Å²) >= 11 is 7.52. The first-order valence-corrected chi connectivity index (χ1v) is 23.7. The molecule has 0 fully saturated rings. The molecule has 376 valence electrons. The van der Waals surface area contributed by atoms with E-state index in [2.05, 4.69) is 37.3 Å². The number of urea groups is 1. The van der Waals surface area contributed by atoms with Gasteiger partial charge in [-0.1, -0.05) is 23.6 Å². The predicted molar refractivity (Wildman–Crippen MR) is 244 cm³/mol. The van der Waals surface area contributed by atoms with Crippen molar-refractivity contribution in [3.63, 3.8) is 0 Å². The number of anilines is 1. The van der Waals surface area contributed by atoms with Crippen LogP contribution in [0.5, 0.6) is 0 Å². The highest BCUT2D eigenvalue weighted by Gasteiger charge is 2.50. The van der Waals surface area contributed by atoms with Crippen LogP contribution < -0.4 is 21.1 Å². The van der Waals surface area contributed by atoms with Crippen molar-refractivity contribution in [2.24, 2.45) is 16.5 Å². The average molecular weight is 1050 g/mol. The molecule has 5 aromatic rings. The quantitative estimate of drug-likeness (QED) is 0.0328. The number of benzene rings is 2. The van der Waals surface area contributed by atoms with E-state index in [9.17, 15) is 48.9 Å². The molecule has 0 radical (unpaired) electrons. The van der Waals surface area contributed by atoms with Crippen molar-refractivity contribution in [2.75, 3.05) is 37.0 Å². The van der Waals surface area contributed by atoms with Crippen molar-refractivity contribution in [3.8, 4) is 23.0 Å². The number of pyridine rings is 1. The van der Waals surface area contributed by atoms with E-state index in [1.54, 1.807) is 13.8 Å². The summed E-state index contributed by atoms with van der Waals surface area (Å²) in [6.45, 7) is 0.0163. The van der Waals surface area contributed by atoms with Crippen molar-refractivity contribution in [2.45, 2.75) is 75.3 Å². The lowest BCUT2D eigenvalue weighted by atomic mass is 9.93. The molecule has 2 atom stereocenters. The minimum Gasteiger partial charge on any atom is -0.370 e. The molecule has 3 heterocycles. The molecular formula is C43H42ClF10N11O3S2. The summed E-state index contributed by atoms with van der Waals surface area (Å²) in [5, 5.41) is 9.72. The molecular weight excluding hydrogens is 1010 g/mol. The average Bonchev–Trinajstić information content (AvgIpc) is 3.90. The fraction of sp³-hybridized carbons (Fsp3) is 0.395. The Hall–Kier alpha value is -6.07. The number of alkyl halides is 8. The van der Waals surface area contributed by atoms with E-state index in [-0.39, 0.29) is 73.6 Å². The van der Waals surface area contributed by atoms with Gasteiger partial charge < -0.3 is 21.7 Å². The van der Waals surface area contributed by atoms with Crippen LogP contribution in [-0.4, -0.2) is 95.1 Å². The van der Waals surface area contributed by atoms with Gasteiger partial charge in [-0.2, -0.15) is 45.3 Å². The van der Waals surface area contributed by atoms with E-state index in [1.807, 2.05) is 0 Å². The van der Waals surface area contributed by atoms with Gasteiger partial charge in [0.25, 0.3) is 5.92 Å². The summed E-state index contributed by atoms with van der Waals surface area (Å²) < 4.78 is 159. The minimum atomic E-state index is -5.18. The highest BCUT2D eigenvalue weighted by atomic mass is 35.5. The number of aromatic nitrogens is 5. The van der Waals surface area contributed by atoms with Crippen molar-refractivity contribution < 1.29 is 57.7 Å². The number of likely N-dealkylation sites (N-methyl/N-ethyl adjacent to an activating group) is 1. The summed E-state index contributed by atoms with van der Waals surface area (Å²) in [5.41, 5.74) is 6.15. The number of hydrogen-bond donors (Lipinski definition) is 3. The Balaban J connectivity index is 1.61. The third kappa shape index (κ3) is 11.9. The van der Waals surface area contributed by atoms with Crippen LogP contribution in [0.15, 0.2) is 47.5 Å². The molecule has 1 aliphatic carbocycles. The second-order valence-corrected chi connectivity index (χ2v) is 19.5. The second kappa shape index (κ2) is 20.3. The first-order valence-electron chi connectivity index (χ1n) is 20.6. The number of aliphatic imine (C=N–C) groups is 1. The third-order valence-corrected chi connectivity index (χ3v) is 13.4. The van der Waals surface area contributed by atoms with E-state index >= 15 is 8.78 Å². The zero-order valence-corrected chi connectivity index (χ0v) is 39.9. The molecule has 0 spiro atoms. The SMILES string of the molecule is CSN(C(=O)N(C)CCN=C(N)N)c1nn(CC(F)(F)F)c2c(-c3ccc(C#CC(C)(C)S(C)=O)nc3C(Cc3cc(F)cc(F)c3)NC(=O)Cn3nc(C(F)(F)F)c4c3C(F)(F)CC4)ccc(Cl)c12. The molecule has 70 heavy (non-hydrogen) atoms. The van der Waals surface area contributed by atoms with E-state index in [1.165, 1.54) is 43.8 Å². The molecule has 2 unspecified atom stereocenters. The van der Waals surface area contributed by atoms with E-state index in [4.69, 9.17) is 23.1 Å². The van der Waals surface area contributed by atoms with Gasteiger partial charge in [0.05, 0.1) is 34.2 Å². The molecule has 2 aromatic carbocycles. The maximum Gasteiger partial charge on any atom is 0.435 e. The lowest BCUT2D eigenvalue weighted by molar-refractivity contribution is -0.142. The number of nitrogens with two attached hydrogens (primary N) is 2. The lowest BCUT2D eigenvalue weighted by Crippen LogP contribution is -2.39. The molecule has 3 amide bonds. The van der Waals surface area contributed by atoms with Crippen molar-refractivity contribution >= 4 is 69.0 Å². The summed E-state index contributed by atoms with van der Waals surface area (Å²) in [6.07, 6.45) is -9.59. The van der Waals surface area contributed by atoms with Gasteiger partial charge in [0, 0.05) is 66.1 Å². The van der Waals surface area contributed by atoms with Gasteiger partial charge in [-0.25, -0.2) is 22.9 Å². The van der Waals surface area contributed by atoms with Crippen LogP contribution >= 0.6 is 23.5 Å². The third-order valence-electron chi connectivity index (χ3n) is 10.9. The number of halogens is 11. The number of amides is 3.